The lowest BCUT2D eigenvalue weighted by atomic mass is 10.1. The van der Waals surface area contributed by atoms with Gasteiger partial charge in [-0.15, -0.1) is 0 Å². The van der Waals surface area contributed by atoms with Crippen molar-refractivity contribution in [2.45, 2.75) is 13.3 Å². The quantitative estimate of drug-likeness (QED) is 0.550. The van der Waals surface area contributed by atoms with Crippen LogP contribution in [0, 0.1) is 0 Å². The summed E-state index contributed by atoms with van der Waals surface area (Å²) >= 11 is 0. The molecule has 0 aliphatic heterocycles. The molecule has 1 nitrogen and oxygen atoms in total. The average Bonchev–Trinajstić information content (AvgIpc) is 2.38. The first-order chi connectivity index (χ1) is 7.88. The van der Waals surface area contributed by atoms with Crippen molar-refractivity contribution in [3.63, 3.8) is 0 Å². The Kier molecular flexibility index (Phi) is 2.10. The highest BCUT2D eigenvalue weighted by Crippen LogP contribution is 2.23. The van der Waals surface area contributed by atoms with Gasteiger partial charge in [0.25, 0.3) is 0 Å². The van der Waals surface area contributed by atoms with Crippen molar-refractivity contribution in [3.8, 4) is 0 Å². The fourth-order valence-corrected chi connectivity index (χ4v) is 2.10. The van der Waals surface area contributed by atoms with E-state index in [1.54, 1.807) is 0 Å². The molecule has 2 aromatic carbocycles. The molecule has 0 fully saturated rings. The molecule has 78 valence electrons. The van der Waals surface area contributed by atoms with E-state index in [-0.39, 0.29) is 0 Å². The van der Waals surface area contributed by atoms with E-state index in [1.807, 2.05) is 0 Å². The molecule has 0 spiro atoms. The monoisotopic (exact) mass is 207 g/mol. The zero-order valence-corrected chi connectivity index (χ0v) is 9.27. The maximum Gasteiger partial charge on any atom is 0.0783 e. The van der Waals surface area contributed by atoms with Gasteiger partial charge in [0.1, 0.15) is 0 Å². The highest BCUT2D eigenvalue weighted by Gasteiger charge is 2.01. The molecule has 0 saturated carbocycles. The predicted molar refractivity (Wildman–Crippen MR) is 68.6 cm³/mol. The Morgan fingerprint density at radius 1 is 0.875 bits per heavy atom. The van der Waals surface area contributed by atoms with E-state index >= 15 is 0 Å². The Hall–Kier alpha value is -1.89. The average molecular weight is 207 g/mol. The van der Waals surface area contributed by atoms with Crippen LogP contribution in [-0.2, 0) is 6.42 Å². The molecule has 0 unspecified atom stereocenters. The summed E-state index contributed by atoms with van der Waals surface area (Å²) in [4.78, 5) is 4.72. The highest BCUT2D eigenvalue weighted by molar-refractivity contribution is 6.05. The molecule has 1 aromatic heterocycles. The number of hydrogen-bond acceptors (Lipinski definition) is 1. The number of nitrogens with zero attached hydrogens (tertiary/aromatic N) is 1. The van der Waals surface area contributed by atoms with Gasteiger partial charge in [-0.3, -0.25) is 4.98 Å². The van der Waals surface area contributed by atoms with Crippen molar-refractivity contribution in [3.05, 3.63) is 54.2 Å². The second-order valence-electron chi connectivity index (χ2n) is 4.01. The molecule has 0 atom stereocenters. The summed E-state index contributed by atoms with van der Waals surface area (Å²) in [6, 6.07) is 17.0. The Balaban J connectivity index is 2.47. The standard InChI is InChI=1S/C15H13N/c1-2-13-10-9-12-8-7-11-5-3-4-6-14(11)15(12)16-13/h3-10H,2H2,1H3. The van der Waals surface area contributed by atoms with Gasteiger partial charge in [-0.2, -0.15) is 0 Å². The SMILES string of the molecule is CCc1ccc2ccc3ccccc3c2n1. The topological polar surface area (TPSA) is 12.9 Å². The van der Waals surface area contributed by atoms with Crippen LogP contribution in [0.3, 0.4) is 0 Å². The molecule has 3 rings (SSSR count). The molecule has 0 aliphatic carbocycles. The summed E-state index contributed by atoms with van der Waals surface area (Å²) in [5.41, 5.74) is 2.28. The van der Waals surface area contributed by atoms with Gasteiger partial charge in [0.2, 0.25) is 0 Å². The Labute approximate surface area is 94.7 Å². The van der Waals surface area contributed by atoms with Crippen LogP contribution in [0.15, 0.2) is 48.5 Å². The second kappa shape index (κ2) is 3.60. The van der Waals surface area contributed by atoms with Gasteiger partial charge in [0.05, 0.1) is 5.52 Å². The lowest BCUT2D eigenvalue weighted by Gasteiger charge is -2.04. The van der Waals surface area contributed by atoms with E-state index in [1.165, 1.54) is 16.2 Å². The van der Waals surface area contributed by atoms with E-state index < -0.39 is 0 Å². The van der Waals surface area contributed by atoms with Crippen LogP contribution in [-0.4, -0.2) is 4.98 Å². The third-order valence-electron chi connectivity index (χ3n) is 3.00. The molecule has 0 aliphatic rings. The fourth-order valence-electron chi connectivity index (χ4n) is 2.10. The van der Waals surface area contributed by atoms with Crippen molar-refractivity contribution in [2.75, 3.05) is 0 Å². The molecule has 16 heavy (non-hydrogen) atoms. The van der Waals surface area contributed by atoms with Crippen LogP contribution in [0.2, 0.25) is 0 Å². The zero-order chi connectivity index (χ0) is 11.0. The van der Waals surface area contributed by atoms with Gasteiger partial charge < -0.3 is 0 Å². The van der Waals surface area contributed by atoms with Gasteiger partial charge in [0.15, 0.2) is 0 Å². The number of hydrogen-bond donors (Lipinski definition) is 0. The Morgan fingerprint density at radius 3 is 2.50 bits per heavy atom. The highest BCUT2D eigenvalue weighted by atomic mass is 14.7. The number of fused-ring (bicyclic) bond motifs is 3. The summed E-state index contributed by atoms with van der Waals surface area (Å²) in [5, 5.41) is 3.72. The predicted octanol–water partition coefficient (Wildman–Crippen LogP) is 3.95. The Bertz CT molecular complexity index is 656. The molecule has 0 saturated heterocycles. The molecule has 3 aromatic rings. The molecule has 0 amide bonds. The van der Waals surface area contributed by atoms with Gasteiger partial charge in [-0.05, 0) is 17.9 Å². The number of aromatic nitrogens is 1. The van der Waals surface area contributed by atoms with Crippen molar-refractivity contribution < 1.29 is 0 Å². The summed E-state index contributed by atoms with van der Waals surface area (Å²) in [5.74, 6) is 0. The lowest BCUT2D eigenvalue weighted by Crippen LogP contribution is -1.88. The van der Waals surface area contributed by atoms with Gasteiger partial charge in [0, 0.05) is 16.5 Å². The van der Waals surface area contributed by atoms with Crippen molar-refractivity contribution >= 4 is 21.7 Å². The van der Waals surface area contributed by atoms with E-state index in [9.17, 15) is 0 Å². The first-order valence-electron chi connectivity index (χ1n) is 5.66. The maximum absolute atomic E-state index is 4.72. The molecule has 0 radical (unpaired) electrons. The van der Waals surface area contributed by atoms with Crippen LogP contribution in [0.4, 0.5) is 0 Å². The van der Waals surface area contributed by atoms with Crippen LogP contribution in [0.25, 0.3) is 21.7 Å². The van der Waals surface area contributed by atoms with Crippen LogP contribution in [0.1, 0.15) is 12.6 Å². The van der Waals surface area contributed by atoms with Gasteiger partial charge in [-0.1, -0.05) is 49.4 Å². The maximum atomic E-state index is 4.72. The minimum absolute atomic E-state index is 0.985. The first-order valence-corrected chi connectivity index (χ1v) is 5.66. The molecule has 0 bridgehead atoms. The van der Waals surface area contributed by atoms with E-state index in [2.05, 4.69) is 55.5 Å². The smallest absolute Gasteiger partial charge is 0.0783 e. The molecule has 1 heteroatoms. The summed E-state index contributed by atoms with van der Waals surface area (Å²) in [6.07, 6.45) is 0.985. The molecular formula is C15H13N. The summed E-state index contributed by atoms with van der Waals surface area (Å²) < 4.78 is 0. The minimum atomic E-state index is 0.985. The third-order valence-corrected chi connectivity index (χ3v) is 3.00. The third kappa shape index (κ3) is 1.36. The molecular weight excluding hydrogens is 194 g/mol. The van der Waals surface area contributed by atoms with E-state index in [0.29, 0.717) is 0 Å². The van der Waals surface area contributed by atoms with Crippen molar-refractivity contribution in [2.24, 2.45) is 0 Å². The lowest BCUT2D eigenvalue weighted by molar-refractivity contribution is 1.06. The van der Waals surface area contributed by atoms with E-state index in [4.69, 9.17) is 4.98 Å². The second-order valence-corrected chi connectivity index (χ2v) is 4.01. The van der Waals surface area contributed by atoms with Crippen LogP contribution in [0.5, 0.6) is 0 Å². The van der Waals surface area contributed by atoms with Crippen LogP contribution >= 0.6 is 0 Å². The number of aryl methyl sites for hydroxylation is 1. The zero-order valence-electron chi connectivity index (χ0n) is 9.27. The minimum Gasteiger partial charge on any atom is -0.252 e. The molecule has 1 heterocycles. The summed E-state index contributed by atoms with van der Waals surface area (Å²) in [6.45, 7) is 2.14. The fraction of sp³-hybridized carbons (Fsp3) is 0.133. The van der Waals surface area contributed by atoms with Gasteiger partial charge >= 0.3 is 0 Å². The van der Waals surface area contributed by atoms with Gasteiger partial charge in [-0.25, -0.2) is 0 Å². The first kappa shape index (κ1) is 9.34. The molecule has 0 N–H and O–H groups in total. The Morgan fingerprint density at radius 2 is 1.62 bits per heavy atom. The number of benzene rings is 2. The number of rotatable bonds is 1. The summed E-state index contributed by atoms with van der Waals surface area (Å²) in [7, 11) is 0. The normalized spacial score (nSPS) is 11.1. The van der Waals surface area contributed by atoms with Crippen molar-refractivity contribution in [1.29, 1.82) is 0 Å². The van der Waals surface area contributed by atoms with Crippen LogP contribution < -0.4 is 0 Å². The number of pyridine rings is 1. The van der Waals surface area contributed by atoms with E-state index in [0.717, 1.165) is 17.6 Å². The van der Waals surface area contributed by atoms with Crippen molar-refractivity contribution in [1.82, 2.24) is 4.98 Å². The largest absolute Gasteiger partial charge is 0.252 e.